The van der Waals surface area contributed by atoms with Crippen LogP contribution in [0.5, 0.6) is 0 Å². The van der Waals surface area contributed by atoms with Crippen molar-refractivity contribution >= 4 is 18.0 Å². The van der Waals surface area contributed by atoms with Crippen molar-refractivity contribution in [3.8, 4) is 11.1 Å². The van der Waals surface area contributed by atoms with Crippen LogP contribution in [-0.2, 0) is 14.3 Å². The van der Waals surface area contributed by atoms with Gasteiger partial charge in [0.2, 0.25) is 5.91 Å². The first-order valence-electron chi connectivity index (χ1n) is 11.8. The lowest BCUT2D eigenvalue weighted by Gasteiger charge is -2.34. The second-order valence-electron chi connectivity index (χ2n) is 10.3. The predicted molar refractivity (Wildman–Crippen MR) is 128 cm³/mol. The molecule has 7 nitrogen and oxygen atoms in total. The molecule has 2 aromatic carbocycles. The summed E-state index contributed by atoms with van der Waals surface area (Å²) >= 11 is 0. The normalized spacial score (nSPS) is 15.7. The lowest BCUT2D eigenvalue weighted by atomic mass is 9.85. The number of carbonyl (C=O) groups is 3. The Morgan fingerprint density at radius 1 is 1.03 bits per heavy atom. The highest BCUT2D eigenvalue weighted by Crippen LogP contribution is 2.44. The van der Waals surface area contributed by atoms with Gasteiger partial charge in [0.25, 0.3) is 0 Å². The molecule has 0 bridgehead atoms. The van der Waals surface area contributed by atoms with Crippen LogP contribution in [0, 0.1) is 11.3 Å². The van der Waals surface area contributed by atoms with E-state index in [9.17, 15) is 19.5 Å². The molecule has 0 aromatic heterocycles. The number of carboxylic acids is 1. The number of rotatable bonds is 8. The summed E-state index contributed by atoms with van der Waals surface area (Å²) in [6.45, 7) is 5.68. The molecule has 2 amide bonds. The van der Waals surface area contributed by atoms with Crippen LogP contribution in [0.3, 0.4) is 0 Å². The van der Waals surface area contributed by atoms with Gasteiger partial charge < -0.3 is 20.1 Å². The first kappa shape index (κ1) is 23.8. The highest BCUT2D eigenvalue weighted by molar-refractivity contribution is 5.89. The molecule has 1 atom stereocenters. The van der Waals surface area contributed by atoms with Gasteiger partial charge in [-0.05, 0) is 46.4 Å². The number of hydrogen-bond donors (Lipinski definition) is 2. The minimum Gasteiger partial charge on any atom is -0.480 e. The van der Waals surface area contributed by atoms with Crippen LogP contribution in [0.4, 0.5) is 4.79 Å². The standard InChI is InChI=1S/C27H32N2O5/c1-27(2,3)24(25(32)29(15-23(30)31)14-17-12-13-17)28-26(33)34-16-22-20-10-6-4-8-18(20)19-9-5-7-11-21(19)22/h4-11,17,22,24H,12-16H2,1-3H3,(H,28,33)(H,30,31)/t24-/m0/s1. The zero-order valence-corrected chi connectivity index (χ0v) is 19.9. The third-order valence-electron chi connectivity index (χ3n) is 6.53. The maximum atomic E-state index is 13.3. The van der Waals surface area contributed by atoms with Crippen LogP contribution in [0.1, 0.15) is 50.7 Å². The van der Waals surface area contributed by atoms with Crippen LogP contribution < -0.4 is 5.32 Å². The number of nitrogens with zero attached hydrogens (tertiary/aromatic N) is 1. The van der Waals surface area contributed by atoms with Gasteiger partial charge in [-0.15, -0.1) is 0 Å². The van der Waals surface area contributed by atoms with Gasteiger partial charge in [0, 0.05) is 12.5 Å². The molecule has 0 aliphatic heterocycles. The number of ether oxygens (including phenoxy) is 1. The summed E-state index contributed by atoms with van der Waals surface area (Å²) in [5.41, 5.74) is 3.87. The summed E-state index contributed by atoms with van der Waals surface area (Å²) in [4.78, 5) is 38.9. The van der Waals surface area contributed by atoms with Crippen molar-refractivity contribution in [3.63, 3.8) is 0 Å². The van der Waals surface area contributed by atoms with Gasteiger partial charge in [-0.2, -0.15) is 0 Å². The molecule has 180 valence electrons. The number of aliphatic carboxylic acids is 1. The molecule has 0 unspecified atom stereocenters. The Balaban J connectivity index is 1.46. The molecule has 0 radical (unpaired) electrons. The number of hydrogen-bond acceptors (Lipinski definition) is 4. The topological polar surface area (TPSA) is 95.9 Å². The molecule has 2 aliphatic rings. The van der Waals surface area contributed by atoms with E-state index in [-0.39, 0.29) is 19.1 Å². The van der Waals surface area contributed by atoms with Gasteiger partial charge >= 0.3 is 12.1 Å². The Bertz CT molecular complexity index is 1040. The van der Waals surface area contributed by atoms with Gasteiger partial charge in [-0.3, -0.25) is 9.59 Å². The molecular formula is C27H32N2O5. The fourth-order valence-electron chi connectivity index (χ4n) is 4.60. The van der Waals surface area contributed by atoms with Crippen molar-refractivity contribution in [1.82, 2.24) is 10.2 Å². The Kier molecular flexibility index (Phi) is 6.64. The first-order valence-corrected chi connectivity index (χ1v) is 11.8. The Morgan fingerprint density at radius 3 is 2.09 bits per heavy atom. The molecule has 2 aromatic rings. The largest absolute Gasteiger partial charge is 0.480 e. The maximum Gasteiger partial charge on any atom is 0.407 e. The minimum absolute atomic E-state index is 0.0830. The number of benzene rings is 2. The van der Waals surface area contributed by atoms with E-state index >= 15 is 0 Å². The van der Waals surface area contributed by atoms with Crippen LogP contribution >= 0.6 is 0 Å². The fraction of sp³-hybridized carbons (Fsp3) is 0.444. The van der Waals surface area contributed by atoms with Gasteiger partial charge in [0.05, 0.1) is 0 Å². The minimum atomic E-state index is -1.07. The van der Waals surface area contributed by atoms with E-state index in [1.54, 1.807) is 0 Å². The first-order chi connectivity index (χ1) is 16.1. The van der Waals surface area contributed by atoms with Gasteiger partial charge in [0.1, 0.15) is 19.2 Å². The number of carbonyl (C=O) groups excluding carboxylic acids is 2. The molecule has 2 N–H and O–H groups in total. The molecule has 4 rings (SSSR count). The Morgan fingerprint density at radius 2 is 1.59 bits per heavy atom. The molecule has 34 heavy (non-hydrogen) atoms. The van der Waals surface area contributed by atoms with Gasteiger partial charge in [-0.25, -0.2) is 4.79 Å². The number of carboxylic acid groups (broad SMARTS) is 1. The summed E-state index contributed by atoms with van der Waals surface area (Å²) < 4.78 is 5.63. The fourth-order valence-corrected chi connectivity index (χ4v) is 4.60. The van der Waals surface area contributed by atoms with E-state index in [2.05, 4.69) is 17.4 Å². The number of alkyl carbamates (subject to hydrolysis) is 1. The highest BCUT2D eigenvalue weighted by Gasteiger charge is 2.39. The molecule has 0 heterocycles. The zero-order chi connectivity index (χ0) is 24.5. The van der Waals surface area contributed by atoms with Crippen LogP contribution in [-0.4, -0.2) is 53.7 Å². The van der Waals surface area contributed by atoms with Gasteiger partial charge in [-0.1, -0.05) is 69.3 Å². The molecule has 2 aliphatic carbocycles. The lowest BCUT2D eigenvalue weighted by Crippen LogP contribution is -2.56. The summed E-state index contributed by atoms with van der Waals surface area (Å²) in [5.74, 6) is -1.21. The average molecular weight is 465 g/mol. The van der Waals surface area contributed by atoms with Crippen molar-refractivity contribution in [1.29, 1.82) is 0 Å². The van der Waals surface area contributed by atoms with Crippen LogP contribution in [0.2, 0.25) is 0 Å². The van der Waals surface area contributed by atoms with Crippen molar-refractivity contribution in [2.24, 2.45) is 11.3 Å². The molecule has 0 spiro atoms. The monoisotopic (exact) mass is 464 g/mol. The molecule has 7 heteroatoms. The zero-order valence-electron chi connectivity index (χ0n) is 19.9. The van der Waals surface area contributed by atoms with Crippen molar-refractivity contribution in [2.45, 2.75) is 45.6 Å². The van der Waals surface area contributed by atoms with Crippen LogP contribution in [0.15, 0.2) is 48.5 Å². The molecule has 1 fully saturated rings. The second kappa shape index (κ2) is 9.49. The van der Waals surface area contributed by atoms with E-state index in [1.807, 2.05) is 57.2 Å². The van der Waals surface area contributed by atoms with Crippen molar-refractivity contribution in [3.05, 3.63) is 59.7 Å². The predicted octanol–water partition coefficient (Wildman–Crippen LogP) is 4.26. The lowest BCUT2D eigenvalue weighted by molar-refractivity contribution is -0.146. The van der Waals surface area contributed by atoms with E-state index < -0.39 is 29.4 Å². The molecule has 1 saturated carbocycles. The maximum absolute atomic E-state index is 13.3. The van der Waals surface area contributed by atoms with Crippen molar-refractivity contribution in [2.75, 3.05) is 19.7 Å². The number of fused-ring (bicyclic) bond motifs is 3. The Hall–Kier alpha value is -3.35. The van der Waals surface area contributed by atoms with E-state index in [0.717, 1.165) is 35.1 Å². The molecule has 0 saturated heterocycles. The number of amides is 2. The third-order valence-corrected chi connectivity index (χ3v) is 6.53. The number of nitrogens with one attached hydrogen (secondary N) is 1. The quantitative estimate of drug-likeness (QED) is 0.609. The second-order valence-corrected chi connectivity index (χ2v) is 10.3. The smallest absolute Gasteiger partial charge is 0.407 e. The summed E-state index contributed by atoms with van der Waals surface area (Å²) in [7, 11) is 0. The van der Waals surface area contributed by atoms with Gasteiger partial charge in [0.15, 0.2) is 0 Å². The van der Waals surface area contributed by atoms with Crippen LogP contribution in [0.25, 0.3) is 11.1 Å². The SMILES string of the molecule is CC(C)(C)[C@@H](NC(=O)OCC1c2ccccc2-c2ccccc21)C(=O)N(CC(=O)O)CC1CC1. The summed E-state index contributed by atoms with van der Waals surface area (Å²) in [6.07, 6.45) is 1.30. The van der Waals surface area contributed by atoms with Crippen molar-refractivity contribution < 1.29 is 24.2 Å². The van der Waals surface area contributed by atoms with E-state index in [4.69, 9.17) is 4.74 Å². The summed E-state index contributed by atoms with van der Waals surface area (Å²) in [5, 5.41) is 12.0. The summed E-state index contributed by atoms with van der Waals surface area (Å²) in [6, 6.07) is 15.3. The highest BCUT2D eigenvalue weighted by atomic mass is 16.5. The van der Waals surface area contributed by atoms with E-state index in [0.29, 0.717) is 12.5 Å². The Labute approximate surface area is 200 Å². The van der Waals surface area contributed by atoms with E-state index in [1.165, 1.54) is 4.90 Å². The average Bonchev–Trinajstić information content (AvgIpc) is 3.54. The molecular weight excluding hydrogens is 432 g/mol. The third kappa shape index (κ3) is 5.24.